The van der Waals surface area contributed by atoms with E-state index in [2.05, 4.69) is 4.52 Å². The van der Waals surface area contributed by atoms with Crippen molar-refractivity contribution in [3.05, 3.63) is 0 Å². The minimum atomic E-state index is -3.54. The molecular formula is C5H7Cl2F2O2P. The van der Waals surface area contributed by atoms with Gasteiger partial charge in [0.15, 0.2) is 0 Å². The topological polar surface area (TPSA) is 26.3 Å². The van der Waals surface area contributed by atoms with Crippen molar-refractivity contribution in [1.29, 1.82) is 0 Å². The van der Waals surface area contributed by atoms with Crippen LogP contribution in [-0.2, 0) is 9.09 Å². The summed E-state index contributed by atoms with van der Waals surface area (Å²) in [5.74, 6) is -2.86. The summed E-state index contributed by atoms with van der Waals surface area (Å²) in [7, 11) is 0. The Morgan fingerprint density at radius 1 is 1.50 bits per heavy atom. The zero-order valence-electron chi connectivity index (χ0n) is 5.97. The van der Waals surface area contributed by atoms with Crippen LogP contribution in [0.15, 0.2) is 0 Å². The molecule has 2 nitrogen and oxygen atoms in total. The number of rotatable bonds is 3. The Labute approximate surface area is 78.2 Å². The SMILES string of the molecule is O=P(Cl)(Cl)OCC1CC(F)(F)C1. The van der Waals surface area contributed by atoms with Crippen molar-refractivity contribution in [3.8, 4) is 0 Å². The van der Waals surface area contributed by atoms with Crippen LogP contribution in [0.1, 0.15) is 12.8 Å². The first-order valence-electron chi connectivity index (χ1n) is 3.30. The Morgan fingerprint density at radius 3 is 2.33 bits per heavy atom. The van der Waals surface area contributed by atoms with Gasteiger partial charge in [-0.05, 0) is 28.4 Å². The molecule has 0 N–H and O–H groups in total. The summed E-state index contributed by atoms with van der Waals surface area (Å²) in [6.07, 6.45) is -4.01. The van der Waals surface area contributed by atoms with Crippen LogP contribution in [0.25, 0.3) is 0 Å². The number of halogens is 4. The first-order chi connectivity index (χ1) is 5.29. The fourth-order valence-corrected chi connectivity index (χ4v) is 1.82. The summed E-state index contributed by atoms with van der Waals surface area (Å²) >= 11 is 10.1. The van der Waals surface area contributed by atoms with Crippen molar-refractivity contribution >= 4 is 28.6 Å². The average Bonchev–Trinajstić information content (AvgIpc) is 1.76. The molecule has 1 aliphatic rings. The summed E-state index contributed by atoms with van der Waals surface area (Å²) in [5, 5.41) is 0. The molecule has 0 aliphatic heterocycles. The Bertz CT molecular complexity index is 209. The monoisotopic (exact) mass is 238 g/mol. The molecular weight excluding hydrogens is 232 g/mol. The standard InChI is InChI=1S/C5H7Cl2F2O2P/c6-12(7,10)11-3-4-1-5(8,9)2-4/h4H,1-3H2. The molecule has 1 rings (SSSR count). The van der Waals surface area contributed by atoms with Gasteiger partial charge >= 0.3 is 6.07 Å². The van der Waals surface area contributed by atoms with Crippen molar-refractivity contribution in [2.75, 3.05) is 6.61 Å². The molecule has 12 heavy (non-hydrogen) atoms. The Hall–Kier alpha value is 0.630. The second kappa shape index (κ2) is 3.41. The van der Waals surface area contributed by atoms with Crippen molar-refractivity contribution < 1.29 is 17.9 Å². The van der Waals surface area contributed by atoms with E-state index in [1.54, 1.807) is 0 Å². The predicted molar refractivity (Wildman–Crippen MR) is 42.9 cm³/mol. The normalized spacial score (nSPS) is 23.7. The van der Waals surface area contributed by atoms with Gasteiger partial charge < -0.3 is 4.52 Å². The van der Waals surface area contributed by atoms with Gasteiger partial charge in [-0.15, -0.1) is 0 Å². The zero-order valence-corrected chi connectivity index (χ0v) is 8.38. The maximum absolute atomic E-state index is 12.2. The summed E-state index contributed by atoms with van der Waals surface area (Å²) in [4.78, 5) is 0. The third-order valence-electron chi connectivity index (χ3n) is 1.64. The average molecular weight is 239 g/mol. The predicted octanol–water partition coefficient (Wildman–Crippen LogP) is 3.63. The lowest BCUT2D eigenvalue weighted by molar-refractivity contribution is -0.118. The van der Waals surface area contributed by atoms with E-state index in [9.17, 15) is 13.3 Å². The van der Waals surface area contributed by atoms with E-state index in [-0.39, 0.29) is 25.4 Å². The lowest BCUT2D eigenvalue weighted by Crippen LogP contribution is -2.37. The molecule has 7 heteroatoms. The molecule has 0 unspecified atom stereocenters. The largest absolute Gasteiger partial charge is 0.380 e. The third kappa shape index (κ3) is 3.56. The molecule has 0 radical (unpaired) electrons. The van der Waals surface area contributed by atoms with Crippen molar-refractivity contribution in [2.45, 2.75) is 18.8 Å². The smallest absolute Gasteiger partial charge is 0.306 e. The quantitative estimate of drug-likeness (QED) is 0.702. The van der Waals surface area contributed by atoms with Gasteiger partial charge in [0.1, 0.15) is 0 Å². The molecule has 0 spiro atoms. The maximum atomic E-state index is 12.2. The van der Waals surface area contributed by atoms with Gasteiger partial charge in [-0.2, -0.15) is 0 Å². The molecule has 1 saturated carbocycles. The molecule has 0 saturated heterocycles. The molecule has 1 fully saturated rings. The van der Waals surface area contributed by atoms with Gasteiger partial charge in [0.2, 0.25) is 5.92 Å². The van der Waals surface area contributed by atoms with E-state index < -0.39 is 12.0 Å². The molecule has 0 aromatic carbocycles. The van der Waals surface area contributed by atoms with Crippen LogP contribution in [0.3, 0.4) is 0 Å². The van der Waals surface area contributed by atoms with E-state index in [0.29, 0.717) is 0 Å². The van der Waals surface area contributed by atoms with Crippen molar-refractivity contribution in [3.63, 3.8) is 0 Å². The first kappa shape index (κ1) is 10.7. The fraction of sp³-hybridized carbons (Fsp3) is 1.00. The third-order valence-corrected chi connectivity index (χ3v) is 2.67. The second-order valence-corrected chi connectivity index (χ2v) is 7.12. The lowest BCUT2D eigenvalue weighted by atomic mass is 9.82. The first-order valence-corrected chi connectivity index (χ1v) is 6.74. The summed E-state index contributed by atoms with van der Waals surface area (Å²) in [6.45, 7) is -0.0557. The van der Waals surface area contributed by atoms with E-state index in [4.69, 9.17) is 22.5 Å². The number of alkyl halides is 2. The Balaban J connectivity index is 2.17. The summed E-state index contributed by atoms with van der Waals surface area (Å²) < 4.78 is 39.5. The zero-order chi connectivity index (χ0) is 9.41. The van der Waals surface area contributed by atoms with Crippen LogP contribution in [-0.4, -0.2) is 12.5 Å². The fourth-order valence-electron chi connectivity index (χ4n) is 1.09. The van der Waals surface area contributed by atoms with Crippen LogP contribution < -0.4 is 0 Å². The van der Waals surface area contributed by atoms with Crippen molar-refractivity contribution in [2.24, 2.45) is 5.92 Å². The summed E-state index contributed by atoms with van der Waals surface area (Å²) in [6, 6.07) is 0. The minimum Gasteiger partial charge on any atom is -0.306 e. The highest BCUT2D eigenvalue weighted by Gasteiger charge is 2.45. The van der Waals surface area contributed by atoms with Crippen LogP contribution in [0.5, 0.6) is 0 Å². The van der Waals surface area contributed by atoms with Crippen LogP contribution >= 0.6 is 28.6 Å². The Morgan fingerprint density at radius 2 is 2.00 bits per heavy atom. The van der Waals surface area contributed by atoms with E-state index in [1.807, 2.05) is 0 Å². The maximum Gasteiger partial charge on any atom is 0.380 e. The van der Waals surface area contributed by atoms with Crippen LogP contribution in [0.4, 0.5) is 8.78 Å². The molecule has 72 valence electrons. The summed E-state index contributed by atoms with van der Waals surface area (Å²) in [5.41, 5.74) is 0. The molecule has 0 aromatic heterocycles. The minimum absolute atomic E-state index is 0.0557. The molecule has 0 bridgehead atoms. The van der Waals surface area contributed by atoms with Gasteiger partial charge in [0.25, 0.3) is 0 Å². The molecule has 0 heterocycles. The molecule has 0 amide bonds. The molecule has 0 atom stereocenters. The van der Waals surface area contributed by atoms with Gasteiger partial charge in [0.05, 0.1) is 6.61 Å². The highest BCUT2D eigenvalue weighted by molar-refractivity contribution is 8.05. The highest BCUT2D eigenvalue weighted by atomic mass is 35.9. The van der Waals surface area contributed by atoms with Gasteiger partial charge in [-0.3, -0.25) is 4.57 Å². The van der Waals surface area contributed by atoms with E-state index in [1.165, 1.54) is 0 Å². The van der Waals surface area contributed by atoms with Crippen molar-refractivity contribution in [1.82, 2.24) is 0 Å². The molecule has 1 aliphatic carbocycles. The van der Waals surface area contributed by atoms with Crippen LogP contribution in [0.2, 0.25) is 0 Å². The molecule has 0 aromatic rings. The number of hydrogen-bond acceptors (Lipinski definition) is 2. The number of hydrogen-bond donors (Lipinski definition) is 0. The lowest BCUT2D eigenvalue weighted by Gasteiger charge is -2.34. The van der Waals surface area contributed by atoms with Gasteiger partial charge in [-0.1, -0.05) is 0 Å². The highest BCUT2D eigenvalue weighted by Crippen LogP contribution is 2.58. The van der Waals surface area contributed by atoms with Gasteiger partial charge in [0, 0.05) is 12.8 Å². The van der Waals surface area contributed by atoms with Gasteiger partial charge in [-0.25, -0.2) is 8.78 Å². The van der Waals surface area contributed by atoms with E-state index >= 15 is 0 Å². The van der Waals surface area contributed by atoms with Crippen LogP contribution in [0, 0.1) is 5.92 Å². The second-order valence-electron chi connectivity index (χ2n) is 2.84. The Kier molecular flexibility index (Phi) is 3.04. The van der Waals surface area contributed by atoms with E-state index in [0.717, 1.165) is 0 Å².